The van der Waals surface area contributed by atoms with Gasteiger partial charge >= 0.3 is 0 Å². The standard InChI is InChI=1S/C25H33N5O2/c1-32-21-13-10-20(11-14-21)18-30(23(26)15-12-19-7-3-2-4-8-19)24(27)17-29-25(31)22-9-5-6-16-28-22/h2-4,7-8,10-11,13-14,22,26-28H,5-6,9,12,15-18H2,1H3,(H,29,31). The third-order valence-electron chi connectivity index (χ3n) is 5.70. The molecule has 1 saturated heterocycles. The predicted octanol–water partition coefficient (Wildman–Crippen LogP) is 3.34. The number of hydrogen-bond donors (Lipinski definition) is 4. The highest BCUT2D eigenvalue weighted by Gasteiger charge is 2.22. The van der Waals surface area contributed by atoms with E-state index in [-0.39, 0.29) is 24.3 Å². The van der Waals surface area contributed by atoms with Crippen molar-refractivity contribution in [2.24, 2.45) is 0 Å². The molecule has 1 fully saturated rings. The van der Waals surface area contributed by atoms with Crippen LogP contribution in [0, 0.1) is 10.8 Å². The molecule has 1 atom stereocenters. The lowest BCUT2D eigenvalue weighted by Gasteiger charge is -2.27. The van der Waals surface area contributed by atoms with Crippen molar-refractivity contribution in [3.05, 3.63) is 65.7 Å². The topological polar surface area (TPSA) is 101 Å². The van der Waals surface area contributed by atoms with Crippen LogP contribution in [-0.4, -0.2) is 48.7 Å². The van der Waals surface area contributed by atoms with Gasteiger partial charge in [0.15, 0.2) is 0 Å². The Hall–Kier alpha value is -3.19. The van der Waals surface area contributed by atoms with Crippen LogP contribution < -0.4 is 15.4 Å². The molecule has 0 aromatic heterocycles. The van der Waals surface area contributed by atoms with Crippen LogP contribution in [-0.2, 0) is 17.8 Å². The van der Waals surface area contributed by atoms with Gasteiger partial charge in [-0.3, -0.25) is 15.6 Å². The van der Waals surface area contributed by atoms with Gasteiger partial charge in [-0.2, -0.15) is 0 Å². The highest BCUT2D eigenvalue weighted by atomic mass is 16.5. The predicted molar refractivity (Wildman–Crippen MR) is 127 cm³/mol. The summed E-state index contributed by atoms with van der Waals surface area (Å²) < 4.78 is 5.23. The molecule has 3 rings (SSSR count). The van der Waals surface area contributed by atoms with Crippen molar-refractivity contribution in [2.75, 3.05) is 20.2 Å². The third-order valence-corrected chi connectivity index (χ3v) is 5.70. The summed E-state index contributed by atoms with van der Waals surface area (Å²) in [6.45, 7) is 1.35. The molecular formula is C25H33N5O2. The van der Waals surface area contributed by atoms with Crippen LogP contribution in [0.2, 0.25) is 0 Å². The molecule has 170 valence electrons. The molecule has 7 heteroatoms. The van der Waals surface area contributed by atoms with Crippen LogP contribution in [0.1, 0.15) is 36.8 Å². The van der Waals surface area contributed by atoms with E-state index < -0.39 is 0 Å². The summed E-state index contributed by atoms with van der Waals surface area (Å²) in [4.78, 5) is 14.2. The summed E-state index contributed by atoms with van der Waals surface area (Å²) in [6.07, 6.45) is 4.19. The van der Waals surface area contributed by atoms with Crippen LogP contribution in [0.4, 0.5) is 0 Å². The fraction of sp³-hybridized carbons (Fsp3) is 0.400. The summed E-state index contributed by atoms with van der Waals surface area (Å²) in [5, 5.41) is 23.4. The maximum absolute atomic E-state index is 12.5. The molecule has 2 aromatic rings. The first-order valence-corrected chi connectivity index (χ1v) is 11.2. The molecular weight excluding hydrogens is 402 g/mol. The van der Waals surface area contributed by atoms with Crippen molar-refractivity contribution in [3.8, 4) is 5.75 Å². The molecule has 1 aliphatic heterocycles. The van der Waals surface area contributed by atoms with E-state index in [0.29, 0.717) is 18.8 Å². The number of methoxy groups -OCH3 is 1. The fourth-order valence-electron chi connectivity index (χ4n) is 3.77. The maximum Gasteiger partial charge on any atom is 0.237 e. The SMILES string of the molecule is COc1ccc(CN(C(=N)CCc2ccccc2)C(=N)CNC(=O)C2CCCCN2)cc1. The molecule has 1 aliphatic rings. The van der Waals surface area contributed by atoms with E-state index in [0.717, 1.165) is 49.1 Å². The lowest BCUT2D eigenvalue weighted by molar-refractivity contribution is -0.123. The number of amides is 1. The van der Waals surface area contributed by atoms with Crippen LogP contribution in [0.15, 0.2) is 54.6 Å². The number of benzene rings is 2. The van der Waals surface area contributed by atoms with Crippen LogP contribution >= 0.6 is 0 Å². The molecule has 4 N–H and O–H groups in total. The molecule has 0 radical (unpaired) electrons. The van der Waals surface area contributed by atoms with Crippen molar-refractivity contribution in [1.82, 2.24) is 15.5 Å². The van der Waals surface area contributed by atoms with E-state index in [2.05, 4.69) is 10.6 Å². The van der Waals surface area contributed by atoms with Gasteiger partial charge < -0.3 is 20.3 Å². The fourth-order valence-corrected chi connectivity index (χ4v) is 3.77. The van der Waals surface area contributed by atoms with E-state index in [1.807, 2.05) is 54.6 Å². The number of rotatable bonds is 9. The average molecular weight is 436 g/mol. The zero-order valence-corrected chi connectivity index (χ0v) is 18.7. The summed E-state index contributed by atoms with van der Waals surface area (Å²) in [6, 6.07) is 17.5. The molecule has 1 amide bonds. The van der Waals surface area contributed by atoms with Crippen molar-refractivity contribution in [3.63, 3.8) is 0 Å². The number of nitrogens with one attached hydrogen (secondary N) is 4. The summed E-state index contributed by atoms with van der Waals surface area (Å²) >= 11 is 0. The summed E-state index contributed by atoms with van der Waals surface area (Å²) in [7, 11) is 1.63. The maximum atomic E-state index is 12.5. The number of carbonyl (C=O) groups is 1. The molecule has 0 spiro atoms. The normalized spacial score (nSPS) is 15.6. The van der Waals surface area contributed by atoms with E-state index in [4.69, 9.17) is 15.6 Å². The molecule has 7 nitrogen and oxygen atoms in total. The van der Waals surface area contributed by atoms with Crippen LogP contribution in [0.25, 0.3) is 0 Å². The van der Waals surface area contributed by atoms with E-state index in [1.165, 1.54) is 0 Å². The second kappa shape index (κ2) is 12.0. The van der Waals surface area contributed by atoms with Gasteiger partial charge in [-0.05, 0) is 49.1 Å². The number of ether oxygens (including phenoxy) is 1. The monoisotopic (exact) mass is 435 g/mol. The second-order valence-corrected chi connectivity index (χ2v) is 8.03. The Labute approximate surface area is 190 Å². The average Bonchev–Trinajstić information content (AvgIpc) is 2.85. The Morgan fingerprint density at radius 1 is 1.06 bits per heavy atom. The van der Waals surface area contributed by atoms with Gasteiger partial charge in [0.25, 0.3) is 0 Å². The Balaban J connectivity index is 1.64. The van der Waals surface area contributed by atoms with E-state index >= 15 is 0 Å². The highest BCUT2D eigenvalue weighted by molar-refractivity contribution is 6.00. The number of carbonyl (C=O) groups excluding carboxylic acids is 1. The zero-order valence-electron chi connectivity index (χ0n) is 18.7. The van der Waals surface area contributed by atoms with Gasteiger partial charge in [0.05, 0.1) is 26.2 Å². The first-order chi connectivity index (χ1) is 15.6. The number of amidine groups is 2. The van der Waals surface area contributed by atoms with Crippen molar-refractivity contribution in [2.45, 2.75) is 44.7 Å². The first kappa shape index (κ1) is 23.5. The molecule has 0 bridgehead atoms. The first-order valence-electron chi connectivity index (χ1n) is 11.2. The molecule has 1 unspecified atom stereocenters. The second-order valence-electron chi connectivity index (χ2n) is 8.03. The molecule has 2 aromatic carbocycles. The lowest BCUT2D eigenvalue weighted by Crippen LogP contribution is -2.49. The van der Waals surface area contributed by atoms with Crippen LogP contribution in [0.3, 0.4) is 0 Å². The van der Waals surface area contributed by atoms with Gasteiger partial charge in [-0.1, -0.05) is 48.9 Å². The summed E-state index contributed by atoms with van der Waals surface area (Å²) in [5.74, 6) is 1.26. The number of piperidine rings is 1. The van der Waals surface area contributed by atoms with Crippen LogP contribution in [0.5, 0.6) is 5.75 Å². The number of hydrogen-bond acceptors (Lipinski definition) is 5. The molecule has 1 heterocycles. The van der Waals surface area contributed by atoms with Gasteiger partial charge in [0, 0.05) is 6.42 Å². The molecule has 0 aliphatic carbocycles. The van der Waals surface area contributed by atoms with Crippen molar-refractivity contribution < 1.29 is 9.53 Å². The van der Waals surface area contributed by atoms with E-state index in [1.54, 1.807) is 12.0 Å². The summed E-state index contributed by atoms with van der Waals surface area (Å²) in [5.41, 5.74) is 2.13. The van der Waals surface area contributed by atoms with Crippen molar-refractivity contribution >= 4 is 17.6 Å². The van der Waals surface area contributed by atoms with Crippen molar-refractivity contribution in [1.29, 1.82) is 10.8 Å². The van der Waals surface area contributed by atoms with E-state index in [9.17, 15) is 4.79 Å². The Bertz CT molecular complexity index is 892. The van der Waals surface area contributed by atoms with Gasteiger partial charge in [-0.15, -0.1) is 0 Å². The third kappa shape index (κ3) is 6.92. The quantitative estimate of drug-likeness (QED) is 0.358. The Morgan fingerprint density at radius 2 is 1.81 bits per heavy atom. The molecule has 32 heavy (non-hydrogen) atoms. The molecule has 0 saturated carbocycles. The minimum absolute atomic E-state index is 0.0744. The van der Waals surface area contributed by atoms with Gasteiger partial charge in [0.1, 0.15) is 17.4 Å². The number of aryl methyl sites for hydroxylation is 1. The van der Waals surface area contributed by atoms with Gasteiger partial charge in [0.2, 0.25) is 5.91 Å². The minimum Gasteiger partial charge on any atom is -0.497 e. The zero-order chi connectivity index (χ0) is 22.8. The minimum atomic E-state index is -0.191. The number of nitrogens with zero attached hydrogens (tertiary/aromatic N) is 1. The van der Waals surface area contributed by atoms with Gasteiger partial charge in [-0.25, -0.2) is 0 Å². The lowest BCUT2D eigenvalue weighted by atomic mass is 10.0. The largest absolute Gasteiger partial charge is 0.497 e. The smallest absolute Gasteiger partial charge is 0.237 e. The Kier molecular flexibility index (Phi) is 8.80. The highest BCUT2D eigenvalue weighted by Crippen LogP contribution is 2.15. The Morgan fingerprint density at radius 3 is 2.47 bits per heavy atom.